The van der Waals surface area contributed by atoms with Crippen molar-refractivity contribution in [3.63, 3.8) is 0 Å². The van der Waals surface area contributed by atoms with Crippen LogP contribution in [0.1, 0.15) is 51.9 Å². The maximum atomic E-state index is 10.2. The van der Waals surface area contributed by atoms with Crippen LogP contribution in [-0.2, 0) is 0 Å². The van der Waals surface area contributed by atoms with E-state index in [0.717, 1.165) is 12.3 Å². The lowest BCUT2D eigenvalue weighted by Gasteiger charge is -2.45. The zero-order valence-electron chi connectivity index (χ0n) is 8.05. The van der Waals surface area contributed by atoms with Crippen LogP contribution >= 0.6 is 0 Å². The van der Waals surface area contributed by atoms with Crippen LogP contribution in [0.15, 0.2) is 0 Å². The second-order valence-electron chi connectivity index (χ2n) is 4.90. The minimum Gasteiger partial charge on any atom is -0.390 e. The fourth-order valence-electron chi connectivity index (χ4n) is 2.93. The average Bonchev–Trinajstić information content (AvgIpc) is 1.89. The fraction of sp³-hybridized carbons (Fsp3) is 1.00. The van der Waals surface area contributed by atoms with Crippen LogP contribution < -0.4 is 0 Å². The van der Waals surface area contributed by atoms with Crippen molar-refractivity contribution in [1.29, 1.82) is 0 Å². The molecule has 2 atom stereocenters. The molecule has 2 saturated carbocycles. The van der Waals surface area contributed by atoms with E-state index >= 15 is 0 Å². The summed E-state index contributed by atoms with van der Waals surface area (Å²) in [6, 6.07) is 0. The second kappa shape index (κ2) is 3.02. The van der Waals surface area contributed by atoms with Crippen LogP contribution in [0.5, 0.6) is 0 Å². The number of aliphatic hydroxyl groups is 1. The van der Waals surface area contributed by atoms with Gasteiger partial charge in [0.05, 0.1) is 5.60 Å². The molecule has 0 aromatic rings. The van der Waals surface area contributed by atoms with Gasteiger partial charge in [-0.15, -0.1) is 0 Å². The predicted octanol–water partition coefficient (Wildman–Crippen LogP) is 2.73. The summed E-state index contributed by atoms with van der Waals surface area (Å²) >= 11 is 0. The first kappa shape index (κ1) is 8.55. The van der Waals surface area contributed by atoms with Gasteiger partial charge in [0.25, 0.3) is 0 Å². The molecule has 2 fully saturated rings. The standard InChI is InChI=1S/C11H20O/c1-11(12)8-3-2-7-10(11)9-5-4-6-9/h9-10,12H,2-8H2,1H3/t10-,11+/m0/s1. The van der Waals surface area contributed by atoms with E-state index in [1.807, 2.05) is 0 Å². The molecule has 0 bridgehead atoms. The van der Waals surface area contributed by atoms with E-state index in [0.29, 0.717) is 5.92 Å². The van der Waals surface area contributed by atoms with Crippen molar-refractivity contribution in [2.45, 2.75) is 57.5 Å². The summed E-state index contributed by atoms with van der Waals surface area (Å²) in [5.74, 6) is 1.49. The molecule has 2 aliphatic rings. The third-order valence-corrected chi connectivity index (χ3v) is 3.97. The van der Waals surface area contributed by atoms with E-state index in [2.05, 4.69) is 6.92 Å². The highest BCUT2D eigenvalue weighted by Crippen LogP contribution is 2.45. The van der Waals surface area contributed by atoms with Gasteiger partial charge in [-0.3, -0.25) is 0 Å². The molecule has 0 aromatic carbocycles. The maximum absolute atomic E-state index is 10.2. The highest BCUT2D eigenvalue weighted by Gasteiger charge is 2.41. The van der Waals surface area contributed by atoms with Gasteiger partial charge in [0.2, 0.25) is 0 Å². The van der Waals surface area contributed by atoms with Gasteiger partial charge in [-0.05, 0) is 31.6 Å². The van der Waals surface area contributed by atoms with Crippen molar-refractivity contribution in [3.8, 4) is 0 Å². The Kier molecular flexibility index (Phi) is 2.16. The summed E-state index contributed by atoms with van der Waals surface area (Å²) in [7, 11) is 0. The minimum atomic E-state index is -0.330. The molecule has 0 amide bonds. The minimum absolute atomic E-state index is 0.330. The summed E-state index contributed by atoms with van der Waals surface area (Å²) in [6.07, 6.45) is 9.04. The Balaban J connectivity index is 2.00. The predicted molar refractivity (Wildman–Crippen MR) is 49.9 cm³/mol. The molecular formula is C11H20O. The number of hydrogen-bond acceptors (Lipinski definition) is 1. The Morgan fingerprint density at radius 3 is 2.33 bits per heavy atom. The van der Waals surface area contributed by atoms with E-state index in [9.17, 15) is 5.11 Å². The molecule has 0 spiro atoms. The SMILES string of the molecule is C[C@@]1(O)CCCC[C@H]1C1CCC1. The van der Waals surface area contributed by atoms with Crippen LogP contribution in [0.4, 0.5) is 0 Å². The van der Waals surface area contributed by atoms with E-state index in [1.54, 1.807) is 0 Å². The molecule has 0 aromatic heterocycles. The molecular weight excluding hydrogens is 148 g/mol. The molecule has 1 heteroatoms. The van der Waals surface area contributed by atoms with Gasteiger partial charge >= 0.3 is 0 Å². The van der Waals surface area contributed by atoms with E-state index < -0.39 is 0 Å². The smallest absolute Gasteiger partial charge is 0.0650 e. The first-order valence-electron chi connectivity index (χ1n) is 5.42. The van der Waals surface area contributed by atoms with Crippen molar-refractivity contribution < 1.29 is 5.11 Å². The molecule has 0 heterocycles. The molecule has 2 rings (SSSR count). The Hall–Kier alpha value is -0.0400. The largest absolute Gasteiger partial charge is 0.390 e. The molecule has 0 unspecified atom stereocenters. The molecule has 0 saturated heterocycles. The van der Waals surface area contributed by atoms with Crippen molar-refractivity contribution in [3.05, 3.63) is 0 Å². The Morgan fingerprint density at radius 1 is 1.08 bits per heavy atom. The third-order valence-electron chi connectivity index (χ3n) is 3.97. The maximum Gasteiger partial charge on any atom is 0.0650 e. The zero-order valence-corrected chi connectivity index (χ0v) is 8.05. The first-order valence-corrected chi connectivity index (χ1v) is 5.42. The molecule has 1 nitrogen and oxygen atoms in total. The summed E-state index contributed by atoms with van der Waals surface area (Å²) in [5, 5.41) is 10.2. The molecule has 70 valence electrons. The van der Waals surface area contributed by atoms with Gasteiger partial charge in [-0.1, -0.05) is 32.1 Å². The molecule has 1 N–H and O–H groups in total. The van der Waals surface area contributed by atoms with Gasteiger partial charge < -0.3 is 5.11 Å². The number of hydrogen-bond donors (Lipinski definition) is 1. The second-order valence-corrected chi connectivity index (χ2v) is 4.90. The molecule has 0 radical (unpaired) electrons. The number of rotatable bonds is 1. The lowest BCUT2D eigenvalue weighted by molar-refractivity contribution is -0.0710. The molecule has 0 aliphatic heterocycles. The lowest BCUT2D eigenvalue weighted by Crippen LogP contribution is -2.43. The molecule has 12 heavy (non-hydrogen) atoms. The van der Waals surface area contributed by atoms with Crippen molar-refractivity contribution in [1.82, 2.24) is 0 Å². The van der Waals surface area contributed by atoms with Crippen LogP contribution in [0, 0.1) is 11.8 Å². The summed E-state index contributed by atoms with van der Waals surface area (Å²) in [6.45, 7) is 2.05. The van der Waals surface area contributed by atoms with Gasteiger partial charge in [-0.2, -0.15) is 0 Å². The Labute approximate surface area is 75.2 Å². The van der Waals surface area contributed by atoms with Crippen LogP contribution in [0.2, 0.25) is 0 Å². The van der Waals surface area contributed by atoms with Gasteiger partial charge in [0.15, 0.2) is 0 Å². The Morgan fingerprint density at radius 2 is 1.83 bits per heavy atom. The van der Waals surface area contributed by atoms with E-state index in [1.165, 1.54) is 38.5 Å². The van der Waals surface area contributed by atoms with Gasteiger partial charge in [-0.25, -0.2) is 0 Å². The van der Waals surface area contributed by atoms with Crippen LogP contribution in [0.3, 0.4) is 0 Å². The monoisotopic (exact) mass is 168 g/mol. The Bertz CT molecular complexity index is 158. The highest BCUT2D eigenvalue weighted by atomic mass is 16.3. The summed E-state index contributed by atoms with van der Waals surface area (Å²) in [5.41, 5.74) is -0.330. The topological polar surface area (TPSA) is 20.2 Å². The van der Waals surface area contributed by atoms with Crippen molar-refractivity contribution in [2.24, 2.45) is 11.8 Å². The normalized spacial score (nSPS) is 44.0. The quantitative estimate of drug-likeness (QED) is 0.638. The molecule has 2 aliphatic carbocycles. The lowest BCUT2D eigenvalue weighted by atomic mass is 9.64. The van der Waals surface area contributed by atoms with Gasteiger partial charge in [0.1, 0.15) is 0 Å². The van der Waals surface area contributed by atoms with Gasteiger partial charge in [0, 0.05) is 0 Å². The fourth-order valence-corrected chi connectivity index (χ4v) is 2.93. The van der Waals surface area contributed by atoms with E-state index in [4.69, 9.17) is 0 Å². The zero-order chi connectivity index (χ0) is 8.60. The summed E-state index contributed by atoms with van der Waals surface area (Å²) < 4.78 is 0. The highest BCUT2D eigenvalue weighted by molar-refractivity contribution is 4.92. The van der Waals surface area contributed by atoms with Crippen molar-refractivity contribution in [2.75, 3.05) is 0 Å². The summed E-state index contributed by atoms with van der Waals surface area (Å²) in [4.78, 5) is 0. The van der Waals surface area contributed by atoms with Crippen LogP contribution in [-0.4, -0.2) is 10.7 Å². The third kappa shape index (κ3) is 1.39. The van der Waals surface area contributed by atoms with Crippen molar-refractivity contribution >= 4 is 0 Å². The van der Waals surface area contributed by atoms with E-state index in [-0.39, 0.29) is 5.60 Å². The van der Waals surface area contributed by atoms with Crippen LogP contribution in [0.25, 0.3) is 0 Å². The average molecular weight is 168 g/mol. The first-order chi connectivity index (χ1) is 5.70.